The van der Waals surface area contributed by atoms with Gasteiger partial charge in [-0.05, 0) is 48.2 Å². The first kappa shape index (κ1) is 21.0. The molecule has 4 aromatic rings. The number of pyridine rings is 1. The van der Waals surface area contributed by atoms with Crippen LogP contribution in [0.5, 0.6) is 0 Å². The Kier molecular flexibility index (Phi) is 5.91. The van der Waals surface area contributed by atoms with Crippen LogP contribution in [0.4, 0.5) is 22.0 Å². The van der Waals surface area contributed by atoms with Gasteiger partial charge in [0.15, 0.2) is 0 Å². The van der Waals surface area contributed by atoms with E-state index >= 15 is 0 Å². The summed E-state index contributed by atoms with van der Waals surface area (Å²) < 4.78 is 5.46. The van der Waals surface area contributed by atoms with Crippen LogP contribution < -0.4 is 15.5 Å². The summed E-state index contributed by atoms with van der Waals surface area (Å²) in [6, 6.07) is 25.5. The van der Waals surface area contributed by atoms with Crippen LogP contribution in [0.3, 0.4) is 0 Å². The van der Waals surface area contributed by atoms with E-state index in [0.29, 0.717) is 0 Å². The van der Waals surface area contributed by atoms with Crippen LogP contribution in [-0.2, 0) is 4.74 Å². The second-order valence-electron chi connectivity index (χ2n) is 8.05. The summed E-state index contributed by atoms with van der Waals surface area (Å²) >= 11 is 0. The third-order valence-electron chi connectivity index (χ3n) is 5.90. The molecule has 2 N–H and O–H groups in total. The largest absolute Gasteiger partial charge is 0.378 e. The van der Waals surface area contributed by atoms with Crippen molar-refractivity contribution in [1.82, 2.24) is 4.98 Å². The molecule has 2 amide bonds. The Morgan fingerprint density at radius 3 is 2.27 bits per heavy atom. The molecule has 3 aromatic carbocycles. The Balaban J connectivity index is 1.45. The number of fused-ring (bicyclic) bond motifs is 1. The number of carbonyl (C=O) groups is 1. The molecule has 0 radical (unpaired) electrons. The highest BCUT2D eigenvalue weighted by Crippen LogP contribution is 2.35. The molecule has 6 heteroatoms. The molecule has 1 aliphatic rings. The Morgan fingerprint density at radius 1 is 0.818 bits per heavy atom. The lowest BCUT2D eigenvalue weighted by atomic mass is 9.96. The molecule has 0 atom stereocenters. The van der Waals surface area contributed by atoms with Crippen LogP contribution in [0.15, 0.2) is 78.9 Å². The van der Waals surface area contributed by atoms with Gasteiger partial charge < -0.3 is 20.3 Å². The zero-order valence-electron chi connectivity index (χ0n) is 18.5. The van der Waals surface area contributed by atoms with Crippen LogP contribution >= 0.6 is 0 Å². The van der Waals surface area contributed by atoms with E-state index in [9.17, 15) is 4.79 Å². The first-order valence-electron chi connectivity index (χ1n) is 11.1. The highest BCUT2D eigenvalue weighted by atomic mass is 16.5. The van der Waals surface area contributed by atoms with E-state index in [1.807, 2.05) is 61.5 Å². The zero-order chi connectivity index (χ0) is 22.6. The molecule has 1 aromatic heterocycles. The fraction of sp³-hybridized carbons (Fsp3) is 0.185. The number of morpholine rings is 1. The molecule has 0 aliphatic carbocycles. The molecule has 0 bridgehead atoms. The molecule has 0 unspecified atom stereocenters. The number of benzene rings is 3. The molecule has 33 heavy (non-hydrogen) atoms. The number of urea groups is 1. The fourth-order valence-corrected chi connectivity index (χ4v) is 4.25. The van der Waals surface area contributed by atoms with Crippen LogP contribution in [-0.4, -0.2) is 37.3 Å². The maximum absolute atomic E-state index is 12.6. The lowest BCUT2D eigenvalue weighted by Crippen LogP contribution is -2.36. The molecule has 1 saturated heterocycles. The number of nitrogens with zero attached hydrogens (tertiary/aromatic N) is 2. The first-order chi connectivity index (χ1) is 16.2. The highest BCUT2D eigenvalue weighted by Gasteiger charge is 2.16. The highest BCUT2D eigenvalue weighted by molar-refractivity contribution is 6.09. The van der Waals surface area contributed by atoms with E-state index in [-0.39, 0.29) is 6.03 Å². The Labute approximate surface area is 193 Å². The van der Waals surface area contributed by atoms with Crippen molar-refractivity contribution in [2.24, 2.45) is 0 Å². The van der Waals surface area contributed by atoms with Gasteiger partial charge in [0, 0.05) is 35.4 Å². The van der Waals surface area contributed by atoms with E-state index in [1.54, 1.807) is 0 Å². The van der Waals surface area contributed by atoms with Gasteiger partial charge in [-0.1, -0.05) is 48.5 Å². The zero-order valence-corrected chi connectivity index (χ0v) is 18.5. The lowest BCUT2D eigenvalue weighted by molar-refractivity contribution is 0.122. The summed E-state index contributed by atoms with van der Waals surface area (Å²) in [5, 5.41) is 7.92. The number of anilines is 3. The fourth-order valence-electron chi connectivity index (χ4n) is 4.25. The van der Waals surface area contributed by atoms with E-state index in [4.69, 9.17) is 9.72 Å². The maximum atomic E-state index is 12.6. The van der Waals surface area contributed by atoms with E-state index < -0.39 is 0 Å². The predicted octanol–water partition coefficient (Wildman–Crippen LogP) is 5.69. The van der Waals surface area contributed by atoms with Crippen molar-refractivity contribution < 1.29 is 9.53 Å². The third kappa shape index (κ3) is 4.52. The molecule has 1 fully saturated rings. The van der Waals surface area contributed by atoms with Crippen molar-refractivity contribution in [2.45, 2.75) is 6.92 Å². The molecule has 0 saturated carbocycles. The predicted molar refractivity (Wildman–Crippen MR) is 134 cm³/mol. The van der Waals surface area contributed by atoms with Gasteiger partial charge in [-0.2, -0.15) is 0 Å². The van der Waals surface area contributed by atoms with Crippen LogP contribution in [0.1, 0.15) is 5.69 Å². The SMILES string of the molecule is Cc1nc(N2CCOCC2)ccc1-c1ccc(NC(=O)Nc2ccccc2)c2ccccc12. The summed E-state index contributed by atoms with van der Waals surface area (Å²) in [6.45, 7) is 5.24. The minimum absolute atomic E-state index is 0.271. The number of aromatic nitrogens is 1. The molecular weight excluding hydrogens is 412 g/mol. The van der Waals surface area contributed by atoms with Crippen molar-refractivity contribution in [3.63, 3.8) is 0 Å². The van der Waals surface area contributed by atoms with Gasteiger partial charge in [0.1, 0.15) is 5.82 Å². The number of rotatable bonds is 4. The number of para-hydroxylation sites is 1. The Morgan fingerprint density at radius 2 is 1.52 bits per heavy atom. The number of ether oxygens (including phenoxy) is 1. The molecule has 5 rings (SSSR count). The second kappa shape index (κ2) is 9.30. The summed E-state index contributed by atoms with van der Waals surface area (Å²) in [4.78, 5) is 19.7. The van der Waals surface area contributed by atoms with Crippen LogP contribution in [0.25, 0.3) is 21.9 Å². The molecular formula is C27H26N4O2. The van der Waals surface area contributed by atoms with Crippen molar-refractivity contribution in [3.05, 3.63) is 84.6 Å². The lowest BCUT2D eigenvalue weighted by Gasteiger charge is -2.28. The van der Waals surface area contributed by atoms with E-state index in [0.717, 1.165) is 71.1 Å². The number of aryl methyl sites for hydroxylation is 1. The summed E-state index contributed by atoms with van der Waals surface area (Å²) in [5.41, 5.74) is 4.67. The average Bonchev–Trinajstić information content (AvgIpc) is 2.86. The van der Waals surface area contributed by atoms with Gasteiger partial charge >= 0.3 is 6.03 Å². The standard InChI is InChI=1S/C27H26N4O2/c1-19-21(12-14-26(28-19)31-15-17-33-18-16-31)23-11-13-25(24-10-6-5-9-22(23)24)30-27(32)29-20-7-3-2-4-8-20/h2-14H,15-18H2,1H3,(H2,29,30,32). The molecule has 2 heterocycles. The monoisotopic (exact) mass is 438 g/mol. The second-order valence-corrected chi connectivity index (χ2v) is 8.05. The molecule has 166 valence electrons. The topological polar surface area (TPSA) is 66.5 Å². The summed E-state index contributed by atoms with van der Waals surface area (Å²) in [5.74, 6) is 0.986. The smallest absolute Gasteiger partial charge is 0.323 e. The van der Waals surface area contributed by atoms with Crippen molar-refractivity contribution >= 4 is 34.0 Å². The van der Waals surface area contributed by atoms with Crippen molar-refractivity contribution in [3.8, 4) is 11.1 Å². The molecule has 6 nitrogen and oxygen atoms in total. The quantitative estimate of drug-likeness (QED) is 0.430. The van der Waals surface area contributed by atoms with Gasteiger partial charge in [-0.3, -0.25) is 0 Å². The van der Waals surface area contributed by atoms with Gasteiger partial charge in [-0.15, -0.1) is 0 Å². The minimum atomic E-state index is -0.271. The van der Waals surface area contributed by atoms with Gasteiger partial charge in [0.2, 0.25) is 0 Å². The van der Waals surface area contributed by atoms with Crippen LogP contribution in [0.2, 0.25) is 0 Å². The number of hydrogen-bond donors (Lipinski definition) is 2. The van der Waals surface area contributed by atoms with Crippen molar-refractivity contribution in [1.29, 1.82) is 0 Å². The van der Waals surface area contributed by atoms with Gasteiger partial charge in [0.25, 0.3) is 0 Å². The minimum Gasteiger partial charge on any atom is -0.378 e. The van der Waals surface area contributed by atoms with Crippen molar-refractivity contribution in [2.75, 3.05) is 41.8 Å². The number of carbonyl (C=O) groups excluding carboxylic acids is 1. The number of nitrogens with one attached hydrogen (secondary N) is 2. The Bertz CT molecular complexity index is 1280. The summed E-state index contributed by atoms with van der Waals surface area (Å²) in [7, 11) is 0. The normalized spacial score (nSPS) is 13.7. The molecule has 1 aliphatic heterocycles. The van der Waals surface area contributed by atoms with Gasteiger partial charge in [-0.25, -0.2) is 9.78 Å². The first-order valence-corrected chi connectivity index (χ1v) is 11.1. The Hall–Kier alpha value is -3.90. The average molecular weight is 439 g/mol. The van der Waals surface area contributed by atoms with Gasteiger partial charge in [0.05, 0.1) is 18.9 Å². The van der Waals surface area contributed by atoms with E-state index in [2.05, 4.69) is 39.8 Å². The molecule has 0 spiro atoms. The third-order valence-corrected chi connectivity index (χ3v) is 5.90. The number of hydrogen-bond acceptors (Lipinski definition) is 4. The van der Waals surface area contributed by atoms with Crippen LogP contribution in [0, 0.1) is 6.92 Å². The number of amides is 2. The maximum Gasteiger partial charge on any atom is 0.323 e. The van der Waals surface area contributed by atoms with E-state index in [1.165, 1.54) is 0 Å². The summed E-state index contributed by atoms with van der Waals surface area (Å²) in [6.07, 6.45) is 0.